The minimum Gasteiger partial charge on any atom is -0.503 e. The number of hydrogen-bond donors (Lipinski definition) is 3. The number of nitroso groups, excluding NO2 is 1. The van der Waals surface area contributed by atoms with Crippen molar-refractivity contribution in [2.45, 2.75) is 0 Å². The molecule has 1 aromatic carbocycles. The van der Waals surface area contributed by atoms with Gasteiger partial charge in [0.2, 0.25) is 21.9 Å². The summed E-state index contributed by atoms with van der Waals surface area (Å²) < 4.78 is 0. The molecule has 0 fully saturated rings. The van der Waals surface area contributed by atoms with E-state index in [1.165, 1.54) is 0 Å². The molecular formula is C6H5N3O7. The second-order valence-corrected chi connectivity index (χ2v) is 2.34. The lowest BCUT2D eigenvalue weighted by molar-refractivity contribution is 0.292. The SMILES string of the molecule is O.O=Nc1c(O)/c(=N\O)c(=O)/c(=N\O)c1=O. The Bertz CT molecular complexity index is 625. The summed E-state index contributed by atoms with van der Waals surface area (Å²) in [5.74, 6) is -1.16. The molecule has 1 rings (SSSR count). The summed E-state index contributed by atoms with van der Waals surface area (Å²) in [6, 6.07) is 0. The monoisotopic (exact) mass is 231 g/mol. The van der Waals surface area contributed by atoms with Gasteiger partial charge in [-0.1, -0.05) is 10.3 Å². The van der Waals surface area contributed by atoms with Crippen molar-refractivity contribution >= 4 is 5.69 Å². The zero-order chi connectivity index (χ0) is 11.6. The lowest BCUT2D eigenvalue weighted by atomic mass is 10.2. The molecule has 0 saturated carbocycles. The first-order valence-electron chi connectivity index (χ1n) is 3.39. The number of phenols is 1. The van der Waals surface area contributed by atoms with Crippen molar-refractivity contribution in [2.75, 3.05) is 0 Å². The number of rotatable bonds is 1. The summed E-state index contributed by atoms with van der Waals surface area (Å²) in [6.07, 6.45) is 0. The van der Waals surface area contributed by atoms with Crippen molar-refractivity contribution < 1.29 is 21.0 Å². The molecule has 10 heteroatoms. The average molecular weight is 231 g/mol. The molecule has 16 heavy (non-hydrogen) atoms. The number of aromatic hydroxyl groups is 1. The third-order valence-electron chi connectivity index (χ3n) is 1.60. The van der Waals surface area contributed by atoms with Gasteiger partial charge in [-0.2, -0.15) is 0 Å². The van der Waals surface area contributed by atoms with Crippen molar-refractivity contribution in [3.63, 3.8) is 0 Å². The highest BCUT2D eigenvalue weighted by Gasteiger charge is 2.17. The van der Waals surface area contributed by atoms with Crippen LogP contribution < -0.4 is 21.6 Å². The summed E-state index contributed by atoms with van der Waals surface area (Å²) in [5, 5.41) is 30.5. The molecular weight excluding hydrogens is 226 g/mol. The minimum atomic E-state index is -1.34. The lowest BCUT2D eigenvalue weighted by Crippen LogP contribution is -2.47. The first kappa shape index (κ1) is 13.4. The van der Waals surface area contributed by atoms with Crippen LogP contribution in [0.25, 0.3) is 0 Å². The third-order valence-corrected chi connectivity index (χ3v) is 1.60. The van der Waals surface area contributed by atoms with Crippen molar-refractivity contribution in [3.05, 3.63) is 36.1 Å². The van der Waals surface area contributed by atoms with E-state index in [1.807, 2.05) is 0 Å². The number of nitrogens with zero attached hydrogens (tertiary/aromatic N) is 3. The second kappa shape index (κ2) is 4.75. The zero-order valence-corrected chi connectivity index (χ0v) is 7.41. The van der Waals surface area contributed by atoms with Gasteiger partial charge < -0.3 is 21.0 Å². The van der Waals surface area contributed by atoms with Crippen molar-refractivity contribution in [2.24, 2.45) is 15.5 Å². The van der Waals surface area contributed by atoms with Crippen LogP contribution in [-0.4, -0.2) is 21.0 Å². The maximum Gasteiger partial charge on any atom is 0.244 e. The number of phenolic OH excluding ortho intramolecular Hbond substituents is 1. The van der Waals surface area contributed by atoms with Crippen LogP contribution in [0.3, 0.4) is 0 Å². The van der Waals surface area contributed by atoms with E-state index in [-0.39, 0.29) is 5.48 Å². The van der Waals surface area contributed by atoms with Crippen molar-refractivity contribution in [1.82, 2.24) is 0 Å². The third kappa shape index (κ3) is 1.64. The van der Waals surface area contributed by atoms with Crippen LogP contribution in [0, 0.1) is 4.91 Å². The van der Waals surface area contributed by atoms with Crippen LogP contribution in [0.1, 0.15) is 0 Å². The van der Waals surface area contributed by atoms with Gasteiger partial charge in [0.05, 0.1) is 0 Å². The fraction of sp³-hybridized carbons (Fsp3) is 0. The van der Waals surface area contributed by atoms with Crippen LogP contribution in [-0.2, 0) is 0 Å². The van der Waals surface area contributed by atoms with Crippen LogP contribution in [0.5, 0.6) is 5.75 Å². The van der Waals surface area contributed by atoms with Gasteiger partial charge in [0.15, 0.2) is 11.1 Å². The summed E-state index contributed by atoms with van der Waals surface area (Å²) in [7, 11) is 0. The van der Waals surface area contributed by atoms with E-state index in [9.17, 15) is 14.5 Å². The Morgan fingerprint density at radius 1 is 0.938 bits per heavy atom. The topological polar surface area (TPSA) is 180 Å². The van der Waals surface area contributed by atoms with E-state index >= 15 is 0 Å². The summed E-state index contributed by atoms with van der Waals surface area (Å²) in [4.78, 5) is 32.4. The van der Waals surface area contributed by atoms with Gasteiger partial charge in [-0.3, -0.25) is 9.59 Å². The van der Waals surface area contributed by atoms with E-state index in [2.05, 4.69) is 15.5 Å². The molecule has 5 N–H and O–H groups in total. The maximum atomic E-state index is 11.1. The molecule has 0 unspecified atom stereocenters. The number of benzene rings is 1. The molecule has 0 aromatic heterocycles. The normalized spacial score (nSPS) is 12.2. The molecule has 0 bridgehead atoms. The Morgan fingerprint density at radius 3 is 1.81 bits per heavy atom. The minimum absolute atomic E-state index is 0. The van der Waals surface area contributed by atoms with Gasteiger partial charge in [0, 0.05) is 0 Å². The van der Waals surface area contributed by atoms with E-state index in [1.54, 1.807) is 0 Å². The van der Waals surface area contributed by atoms with E-state index in [4.69, 9.17) is 15.5 Å². The fourth-order valence-electron chi connectivity index (χ4n) is 0.923. The van der Waals surface area contributed by atoms with Crippen LogP contribution in [0.2, 0.25) is 0 Å². The Balaban J connectivity index is 0.00000225. The number of hydrogen-bond acceptors (Lipinski definition) is 9. The molecule has 0 radical (unpaired) electrons. The largest absolute Gasteiger partial charge is 0.503 e. The Labute approximate surface area is 85.0 Å². The summed E-state index contributed by atoms with van der Waals surface area (Å²) in [6.45, 7) is 0. The predicted octanol–water partition coefficient (Wildman–Crippen LogP) is -2.86. The van der Waals surface area contributed by atoms with Crippen molar-refractivity contribution in [3.8, 4) is 5.75 Å². The molecule has 0 heterocycles. The smallest absolute Gasteiger partial charge is 0.244 e. The molecule has 0 aliphatic heterocycles. The zero-order valence-electron chi connectivity index (χ0n) is 7.41. The molecule has 0 saturated heterocycles. The summed E-state index contributed by atoms with van der Waals surface area (Å²) >= 11 is 0. The van der Waals surface area contributed by atoms with E-state index in [0.717, 1.165) is 0 Å². The Kier molecular flexibility index (Phi) is 3.97. The Hall–Kier alpha value is -2.62. The molecule has 0 amide bonds. The summed E-state index contributed by atoms with van der Waals surface area (Å²) in [5.41, 5.74) is -3.72. The van der Waals surface area contributed by atoms with Gasteiger partial charge >= 0.3 is 0 Å². The van der Waals surface area contributed by atoms with Crippen LogP contribution in [0.4, 0.5) is 5.69 Å². The lowest BCUT2D eigenvalue weighted by Gasteiger charge is -1.91. The van der Waals surface area contributed by atoms with Crippen LogP contribution in [0.15, 0.2) is 25.1 Å². The molecule has 0 atom stereocenters. The Morgan fingerprint density at radius 2 is 1.44 bits per heavy atom. The molecule has 0 aliphatic carbocycles. The standard InChI is InChI=1S/C6H3N3O6.H2O/c10-4-1(7-13)5(11)3(9-15)6(12)2(4)8-14;/h10,13,15H;1H2/b7-1+,9-3+;. The van der Waals surface area contributed by atoms with Gasteiger partial charge in [-0.15, -0.1) is 4.91 Å². The van der Waals surface area contributed by atoms with E-state index in [0.29, 0.717) is 0 Å². The molecule has 1 aromatic rings. The first-order chi connectivity index (χ1) is 7.08. The van der Waals surface area contributed by atoms with E-state index < -0.39 is 33.0 Å². The van der Waals surface area contributed by atoms with Crippen molar-refractivity contribution in [1.29, 1.82) is 0 Å². The molecule has 0 spiro atoms. The highest BCUT2D eigenvalue weighted by molar-refractivity contribution is 5.49. The maximum absolute atomic E-state index is 11.1. The van der Waals surface area contributed by atoms with Gasteiger partial charge in [0.1, 0.15) is 0 Å². The molecule has 10 nitrogen and oxygen atoms in total. The fourth-order valence-corrected chi connectivity index (χ4v) is 0.923. The predicted molar refractivity (Wildman–Crippen MR) is 46.8 cm³/mol. The highest BCUT2D eigenvalue weighted by atomic mass is 16.4. The van der Waals surface area contributed by atoms with Gasteiger partial charge in [0.25, 0.3) is 0 Å². The first-order valence-corrected chi connectivity index (χ1v) is 3.39. The second-order valence-electron chi connectivity index (χ2n) is 2.34. The average Bonchev–Trinajstić information content (AvgIpc) is 2.19. The van der Waals surface area contributed by atoms with Gasteiger partial charge in [-0.25, -0.2) is 0 Å². The van der Waals surface area contributed by atoms with Gasteiger partial charge in [-0.05, 0) is 5.18 Å². The molecule has 0 aliphatic rings. The highest BCUT2D eigenvalue weighted by Crippen LogP contribution is 2.12. The van der Waals surface area contributed by atoms with Crippen LogP contribution >= 0.6 is 0 Å². The molecule has 86 valence electrons. The quantitative estimate of drug-likeness (QED) is 0.265.